The summed E-state index contributed by atoms with van der Waals surface area (Å²) in [5, 5.41) is 11.6. The minimum Gasteiger partial charge on any atom is -0.412 e. The summed E-state index contributed by atoms with van der Waals surface area (Å²) in [5.41, 5.74) is 0.950. The molecule has 0 saturated heterocycles. The van der Waals surface area contributed by atoms with E-state index in [1.165, 1.54) is 10.8 Å². The third kappa shape index (κ3) is 1.43. The van der Waals surface area contributed by atoms with Crippen molar-refractivity contribution in [3.63, 3.8) is 0 Å². The number of fused-ring (bicyclic) bond motifs is 3. The minimum absolute atomic E-state index is 0. The molecular weight excluding hydrogens is 188 g/mol. The Labute approximate surface area is 86.7 Å². The van der Waals surface area contributed by atoms with E-state index in [4.69, 9.17) is 0 Å². The molecule has 0 saturated carbocycles. The molecule has 3 heteroatoms. The zero-order valence-electron chi connectivity index (χ0n) is 8.01. The first-order chi connectivity index (χ1) is 6.95. The fourth-order valence-corrected chi connectivity index (χ4v) is 1.75. The van der Waals surface area contributed by atoms with Gasteiger partial charge in [-0.25, -0.2) is 0 Å². The van der Waals surface area contributed by atoms with E-state index in [0.717, 1.165) is 10.9 Å². The van der Waals surface area contributed by atoms with Crippen molar-refractivity contribution in [3.8, 4) is 0 Å². The fraction of sp³-hybridized carbons (Fsp3) is 0. The first-order valence-corrected chi connectivity index (χ1v) is 4.54. The molecule has 1 heterocycles. The van der Waals surface area contributed by atoms with Gasteiger partial charge >= 0.3 is 0 Å². The van der Waals surface area contributed by atoms with Crippen molar-refractivity contribution in [3.05, 3.63) is 48.7 Å². The van der Waals surface area contributed by atoms with Gasteiger partial charge in [0.15, 0.2) is 0 Å². The van der Waals surface area contributed by atoms with E-state index < -0.39 is 0 Å². The van der Waals surface area contributed by atoms with E-state index in [1.807, 2.05) is 24.3 Å². The van der Waals surface area contributed by atoms with Gasteiger partial charge in [-0.1, -0.05) is 30.3 Å². The predicted octanol–water partition coefficient (Wildman–Crippen LogP) is 1.96. The van der Waals surface area contributed by atoms with Crippen LogP contribution in [-0.4, -0.2) is 15.7 Å². The van der Waals surface area contributed by atoms with Gasteiger partial charge in [0.2, 0.25) is 0 Å². The number of hydrogen-bond acceptors (Lipinski definition) is 2. The molecule has 0 bridgehead atoms. The standard InChI is InChI=1S/C12H8N2.H2O/c1-2-4-10-9(3-1)5-6-12-11(10)7-8-13-14-12;/h1-8H;1H2. The Bertz CT molecular complexity index is 553. The summed E-state index contributed by atoms with van der Waals surface area (Å²) in [6, 6.07) is 14.4. The maximum atomic E-state index is 4.08. The number of aromatic nitrogens is 2. The highest BCUT2D eigenvalue weighted by Crippen LogP contribution is 2.22. The van der Waals surface area contributed by atoms with E-state index in [1.54, 1.807) is 6.20 Å². The molecule has 2 aromatic carbocycles. The van der Waals surface area contributed by atoms with Crippen LogP contribution in [0.1, 0.15) is 0 Å². The molecule has 3 nitrogen and oxygen atoms in total. The molecule has 1 aromatic heterocycles. The van der Waals surface area contributed by atoms with Gasteiger partial charge in [0, 0.05) is 5.39 Å². The normalized spacial score (nSPS) is 10.1. The van der Waals surface area contributed by atoms with Crippen molar-refractivity contribution in [2.45, 2.75) is 0 Å². The van der Waals surface area contributed by atoms with Crippen molar-refractivity contribution in [1.29, 1.82) is 0 Å². The first-order valence-electron chi connectivity index (χ1n) is 4.54. The molecule has 3 aromatic rings. The van der Waals surface area contributed by atoms with Crippen molar-refractivity contribution < 1.29 is 5.48 Å². The monoisotopic (exact) mass is 198 g/mol. The van der Waals surface area contributed by atoms with Gasteiger partial charge in [0.25, 0.3) is 0 Å². The summed E-state index contributed by atoms with van der Waals surface area (Å²) in [6.07, 6.45) is 1.73. The Kier molecular flexibility index (Phi) is 2.31. The zero-order valence-corrected chi connectivity index (χ0v) is 8.01. The second kappa shape index (κ2) is 3.63. The SMILES string of the molecule is O.c1ccc2c(c1)ccc1nnccc12. The molecule has 0 fully saturated rings. The zero-order chi connectivity index (χ0) is 9.38. The third-order valence-corrected chi connectivity index (χ3v) is 2.42. The Hall–Kier alpha value is -2.00. The van der Waals surface area contributed by atoms with Crippen LogP contribution < -0.4 is 0 Å². The highest BCUT2D eigenvalue weighted by Gasteiger charge is 1.98. The van der Waals surface area contributed by atoms with Gasteiger partial charge in [0.1, 0.15) is 0 Å². The molecular formula is C12H10N2O. The van der Waals surface area contributed by atoms with Gasteiger partial charge in [-0.15, -0.1) is 0 Å². The van der Waals surface area contributed by atoms with Crippen molar-refractivity contribution in [2.24, 2.45) is 0 Å². The summed E-state index contributed by atoms with van der Waals surface area (Å²) >= 11 is 0. The molecule has 2 N–H and O–H groups in total. The molecule has 74 valence electrons. The quantitative estimate of drug-likeness (QED) is 0.518. The van der Waals surface area contributed by atoms with E-state index in [0.29, 0.717) is 0 Å². The smallest absolute Gasteiger partial charge is 0.0936 e. The molecule has 0 aliphatic rings. The van der Waals surface area contributed by atoms with Crippen LogP contribution in [0.2, 0.25) is 0 Å². The van der Waals surface area contributed by atoms with Gasteiger partial charge in [-0.2, -0.15) is 10.2 Å². The molecule has 15 heavy (non-hydrogen) atoms. The second-order valence-corrected chi connectivity index (χ2v) is 3.25. The number of rotatable bonds is 0. The van der Waals surface area contributed by atoms with Crippen LogP contribution >= 0.6 is 0 Å². The Morgan fingerprint density at radius 3 is 2.60 bits per heavy atom. The first kappa shape index (κ1) is 9.55. The Morgan fingerprint density at radius 1 is 0.800 bits per heavy atom. The molecule has 0 amide bonds. The van der Waals surface area contributed by atoms with Crippen molar-refractivity contribution in [2.75, 3.05) is 0 Å². The van der Waals surface area contributed by atoms with E-state index in [-0.39, 0.29) is 5.48 Å². The molecule has 0 aliphatic carbocycles. The lowest BCUT2D eigenvalue weighted by atomic mass is 10.1. The Morgan fingerprint density at radius 2 is 1.67 bits per heavy atom. The van der Waals surface area contributed by atoms with Crippen LogP contribution in [0.4, 0.5) is 0 Å². The van der Waals surface area contributed by atoms with Crippen LogP contribution in [0.5, 0.6) is 0 Å². The lowest BCUT2D eigenvalue weighted by Gasteiger charge is -2.00. The van der Waals surface area contributed by atoms with Gasteiger partial charge < -0.3 is 5.48 Å². The van der Waals surface area contributed by atoms with E-state index >= 15 is 0 Å². The topological polar surface area (TPSA) is 57.3 Å². The maximum absolute atomic E-state index is 4.08. The van der Waals surface area contributed by atoms with Crippen LogP contribution in [-0.2, 0) is 0 Å². The Balaban J connectivity index is 0.000000853. The summed E-state index contributed by atoms with van der Waals surface area (Å²) in [7, 11) is 0. The van der Waals surface area contributed by atoms with Gasteiger partial charge in [0.05, 0.1) is 11.7 Å². The molecule has 0 spiro atoms. The molecule has 0 unspecified atom stereocenters. The molecule has 0 radical (unpaired) electrons. The van der Waals surface area contributed by atoms with Gasteiger partial charge in [-0.3, -0.25) is 0 Å². The predicted molar refractivity (Wildman–Crippen MR) is 60.7 cm³/mol. The lowest BCUT2D eigenvalue weighted by molar-refractivity contribution is 0.824. The number of hydrogen-bond donors (Lipinski definition) is 0. The van der Waals surface area contributed by atoms with Gasteiger partial charge in [-0.05, 0) is 22.9 Å². The largest absolute Gasteiger partial charge is 0.412 e. The molecule has 0 aliphatic heterocycles. The summed E-state index contributed by atoms with van der Waals surface area (Å²) < 4.78 is 0. The van der Waals surface area contributed by atoms with Crippen molar-refractivity contribution >= 4 is 21.7 Å². The third-order valence-electron chi connectivity index (χ3n) is 2.42. The summed E-state index contributed by atoms with van der Waals surface area (Å²) in [4.78, 5) is 0. The van der Waals surface area contributed by atoms with Crippen LogP contribution in [0, 0.1) is 0 Å². The van der Waals surface area contributed by atoms with Crippen LogP contribution in [0.3, 0.4) is 0 Å². The summed E-state index contributed by atoms with van der Waals surface area (Å²) in [6.45, 7) is 0. The fourth-order valence-electron chi connectivity index (χ4n) is 1.75. The maximum Gasteiger partial charge on any atom is 0.0936 e. The lowest BCUT2D eigenvalue weighted by Crippen LogP contribution is -1.83. The summed E-state index contributed by atoms with van der Waals surface area (Å²) in [5.74, 6) is 0. The van der Waals surface area contributed by atoms with E-state index in [2.05, 4.69) is 28.4 Å². The van der Waals surface area contributed by atoms with E-state index in [9.17, 15) is 0 Å². The van der Waals surface area contributed by atoms with Crippen molar-refractivity contribution in [1.82, 2.24) is 10.2 Å². The molecule has 3 rings (SSSR count). The average molecular weight is 198 g/mol. The highest BCUT2D eigenvalue weighted by molar-refractivity contribution is 6.05. The molecule has 0 atom stereocenters. The van der Waals surface area contributed by atoms with Crippen LogP contribution in [0.15, 0.2) is 48.7 Å². The number of nitrogens with zero attached hydrogens (tertiary/aromatic N) is 2. The second-order valence-electron chi connectivity index (χ2n) is 3.25. The highest BCUT2D eigenvalue weighted by atomic mass is 16.0. The number of benzene rings is 2. The van der Waals surface area contributed by atoms with Crippen LogP contribution in [0.25, 0.3) is 21.7 Å². The average Bonchev–Trinajstić information content (AvgIpc) is 2.29. The minimum atomic E-state index is 0.